The Kier molecular flexibility index (Phi) is 3.78. The fraction of sp³-hybridized carbons (Fsp3) is 0.667. The minimum Gasteiger partial charge on any atom is -0.356 e. The first-order valence-electron chi connectivity index (χ1n) is 6.14. The zero-order valence-electron chi connectivity index (χ0n) is 10.5. The Morgan fingerprint density at radius 3 is 3.18 bits per heavy atom. The van der Waals surface area contributed by atoms with E-state index in [9.17, 15) is 4.79 Å². The molecule has 1 fully saturated rings. The lowest BCUT2D eigenvalue weighted by atomic mass is 10.1. The number of hydrogen-bond donors (Lipinski definition) is 2. The first kappa shape index (κ1) is 12.1. The van der Waals surface area contributed by atoms with Gasteiger partial charge >= 0.3 is 0 Å². The second-order valence-electron chi connectivity index (χ2n) is 4.69. The van der Waals surface area contributed by atoms with Gasteiger partial charge in [0, 0.05) is 44.4 Å². The number of aromatic nitrogens is 2. The molecule has 1 unspecified atom stereocenters. The van der Waals surface area contributed by atoms with Crippen molar-refractivity contribution in [3.63, 3.8) is 0 Å². The van der Waals surface area contributed by atoms with Crippen LogP contribution in [0.3, 0.4) is 0 Å². The summed E-state index contributed by atoms with van der Waals surface area (Å²) >= 11 is 0. The minimum absolute atomic E-state index is 0.155. The number of nitrogens with one attached hydrogen (secondary N) is 2. The maximum Gasteiger partial charge on any atom is 0.221 e. The van der Waals surface area contributed by atoms with Crippen LogP contribution in [-0.4, -0.2) is 28.3 Å². The Hall–Kier alpha value is -1.36. The van der Waals surface area contributed by atoms with Gasteiger partial charge in [-0.15, -0.1) is 0 Å². The van der Waals surface area contributed by atoms with Crippen molar-refractivity contribution in [2.45, 2.75) is 38.8 Å². The Labute approximate surface area is 102 Å². The molecule has 1 aromatic heterocycles. The van der Waals surface area contributed by atoms with Crippen molar-refractivity contribution in [3.05, 3.63) is 17.5 Å². The average Bonchev–Trinajstić information content (AvgIpc) is 2.48. The number of rotatable bonds is 3. The van der Waals surface area contributed by atoms with Crippen LogP contribution in [0.15, 0.2) is 6.20 Å². The molecule has 2 N–H and O–H groups in total. The van der Waals surface area contributed by atoms with Crippen LogP contribution in [-0.2, 0) is 18.4 Å². The van der Waals surface area contributed by atoms with Gasteiger partial charge < -0.3 is 10.6 Å². The Morgan fingerprint density at radius 1 is 1.65 bits per heavy atom. The van der Waals surface area contributed by atoms with E-state index in [0.717, 1.165) is 31.6 Å². The molecule has 0 aromatic carbocycles. The predicted molar refractivity (Wildman–Crippen MR) is 65.4 cm³/mol. The van der Waals surface area contributed by atoms with Crippen LogP contribution in [0.25, 0.3) is 0 Å². The van der Waals surface area contributed by atoms with Gasteiger partial charge in [-0.2, -0.15) is 5.10 Å². The van der Waals surface area contributed by atoms with E-state index >= 15 is 0 Å². The number of nitrogens with zero attached hydrogens (tertiary/aromatic N) is 2. The number of hydrogen-bond acceptors (Lipinski definition) is 3. The lowest BCUT2D eigenvalue weighted by molar-refractivity contribution is -0.121. The summed E-state index contributed by atoms with van der Waals surface area (Å²) in [5.41, 5.74) is 2.26. The molecular formula is C12H20N4O. The molecule has 1 aromatic rings. The van der Waals surface area contributed by atoms with Crippen molar-refractivity contribution < 1.29 is 4.79 Å². The molecule has 0 aliphatic carbocycles. The van der Waals surface area contributed by atoms with E-state index in [-0.39, 0.29) is 11.9 Å². The average molecular weight is 236 g/mol. The van der Waals surface area contributed by atoms with Crippen LogP contribution >= 0.6 is 0 Å². The first-order valence-corrected chi connectivity index (χ1v) is 6.14. The molecule has 2 rings (SSSR count). The molecule has 0 saturated carbocycles. The molecule has 0 radical (unpaired) electrons. The number of aryl methyl sites for hydroxylation is 2. The van der Waals surface area contributed by atoms with Crippen LogP contribution in [0.5, 0.6) is 0 Å². The molecule has 2 heterocycles. The first-order chi connectivity index (χ1) is 8.15. The molecular weight excluding hydrogens is 216 g/mol. The molecule has 1 aliphatic heterocycles. The van der Waals surface area contributed by atoms with Gasteiger partial charge in [-0.1, -0.05) is 0 Å². The highest BCUT2D eigenvalue weighted by atomic mass is 16.1. The van der Waals surface area contributed by atoms with Gasteiger partial charge in [0.05, 0.1) is 5.69 Å². The van der Waals surface area contributed by atoms with Crippen molar-refractivity contribution in [2.24, 2.45) is 7.05 Å². The van der Waals surface area contributed by atoms with Gasteiger partial charge in [0.1, 0.15) is 0 Å². The second-order valence-corrected chi connectivity index (χ2v) is 4.69. The van der Waals surface area contributed by atoms with Gasteiger partial charge in [-0.3, -0.25) is 9.48 Å². The van der Waals surface area contributed by atoms with Crippen LogP contribution < -0.4 is 10.6 Å². The van der Waals surface area contributed by atoms with Crippen molar-refractivity contribution in [3.8, 4) is 0 Å². The molecule has 17 heavy (non-hydrogen) atoms. The lowest BCUT2D eigenvalue weighted by Crippen LogP contribution is -2.32. The molecule has 1 aliphatic rings. The van der Waals surface area contributed by atoms with Crippen molar-refractivity contribution in [1.82, 2.24) is 20.4 Å². The number of carbonyl (C=O) groups is 1. The van der Waals surface area contributed by atoms with E-state index in [4.69, 9.17) is 0 Å². The maximum absolute atomic E-state index is 11.4. The van der Waals surface area contributed by atoms with E-state index in [0.29, 0.717) is 6.42 Å². The molecule has 5 nitrogen and oxygen atoms in total. The van der Waals surface area contributed by atoms with Crippen molar-refractivity contribution >= 4 is 5.91 Å². The molecule has 94 valence electrons. The van der Waals surface area contributed by atoms with Gasteiger partial charge in [0.2, 0.25) is 5.91 Å². The van der Waals surface area contributed by atoms with Crippen LogP contribution in [0.2, 0.25) is 0 Å². The lowest BCUT2D eigenvalue weighted by Gasteiger charge is -2.14. The standard InChI is InChI=1S/C12H20N4O/c1-9-10(8-16(2)15-9)7-14-11-4-3-5-13-12(17)6-11/h8,11,14H,3-7H2,1-2H3,(H,13,17). The van der Waals surface area contributed by atoms with E-state index in [1.165, 1.54) is 5.56 Å². The minimum atomic E-state index is 0.155. The normalized spacial score (nSPS) is 21.1. The van der Waals surface area contributed by atoms with Crippen LogP contribution in [0.4, 0.5) is 0 Å². The summed E-state index contributed by atoms with van der Waals surface area (Å²) in [6, 6.07) is 0.289. The van der Waals surface area contributed by atoms with Gasteiger partial charge in [-0.25, -0.2) is 0 Å². The largest absolute Gasteiger partial charge is 0.356 e. The highest BCUT2D eigenvalue weighted by Gasteiger charge is 2.17. The summed E-state index contributed by atoms with van der Waals surface area (Å²) in [7, 11) is 1.93. The number of carbonyl (C=O) groups excluding carboxylic acids is 1. The third-order valence-corrected chi connectivity index (χ3v) is 3.18. The van der Waals surface area contributed by atoms with Crippen LogP contribution in [0, 0.1) is 6.92 Å². The SMILES string of the molecule is Cc1nn(C)cc1CNC1CCCNC(=O)C1. The summed E-state index contributed by atoms with van der Waals surface area (Å²) in [5, 5.41) is 10.6. The summed E-state index contributed by atoms with van der Waals surface area (Å²) in [6.45, 7) is 3.61. The fourth-order valence-corrected chi connectivity index (χ4v) is 2.23. The van der Waals surface area contributed by atoms with E-state index < -0.39 is 0 Å². The van der Waals surface area contributed by atoms with Crippen molar-refractivity contribution in [1.29, 1.82) is 0 Å². The van der Waals surface area contributed by atoms with Crippen LogP contribution in [0.1, 0.15) is 30.5 Å². The van der Waals surface area contributed by atoms with E-state index in [1.807, 2.05) is 24.9 Å². The third-order valence-electron chi connectivity index (χ3n) is 3.18. The zero-order valence-corrected chi connectivity index (χ0v) is 10.5. The summed E-state index contributed by atoms with van der Waals surface area (Å²) in [6.07, 6.45) is 4.71. The smallest absolute Gasteiger partial charge is 0.221 e. The topological polar surface area (TPSA) is 59.0 Å². The molecule has 1 amide bonds. The Bertz CT molecular complexity index is 399. The molecule has 0 spiro atoms. The molecule has 1 atom stereocenters. The summed E-state index contributed by atoms with van der Waals surface area (Å²) in [4.78, 5) is 11.4. The van der Waals surface area contributed by atoms with Crippen molar-refractivity contribution in [2.75, 3.05) is 6.54 Å². The Balaban J connectivity index is 1.88. The molecule has 1 saturated heterocycles. The molecule has 5 heteroatoms. The quantitative estimate of drug-likeness (QED) is 0.803. The van der Waals surface area contributed by atoms with Gasteiger partial charge in [0.25, 0.3) is 0 Å². The fourth-order valence-electron chi connectivity index (χ4n) is 2.23. The van der Waals surface area contributed by atoms with Gasteiger partial charge in [-0.05, 0) is 19.8 Å². The molecule has 0 bridgehead atoms. The van der Waals surface area contributed by atoms with E-state index in [1.54, 1.807) is 0 Å². The second kappa shape index (κ2) is 5.31. The predicted octanol–water partition coefficient (Wildman–Crippen LogP) is 0.487. The number of amides is 1. The Morgan fingerprint density at radius 2 is 2.47 bits per heavy atom. The third kappa shape index (κ3) is 3.30. The zero-order chi connectivity index (χ0) is 12.3. The summed E-state index contributed by atoms with van der Waals surface area (Å²) in [5.74, 6) is 0.155. The monoisotopic (exact) mass is 236 g/mol. The maximum atomic E-state index is 11.4. The highest BCUT2D eigenvalue weighted by Crippen LogP contribution is 2.09. The highest BCUT2D eigenvalue weighted by molar-refractivity contribution is 5.76. The summed E-state index contributed by atoms with van der Waals surface area (Å²) < 4.78 is 1.83. The van der Waals surface area contributed by atoms with Gasteiger partial charge in [0.15, 0.2) is 0 Å². The van der Waals surface area contributed by atoms with E-state index in [2.05, 4.69) is 15.7 Å².